The van der Waals surface area contributed by atoms with E-state index < -0.39 is 0 Å². The van der Waals surface area contributed by atoms with Crippen LogP contribution in [-0.4, -0.2) is 0 Å². The molecule has 0 fully saturated rings. The van der Waals surface area contributed by atoms with Crippen LogP contribution in [0.1, 0.15) is 0 Å². The van der Waals surface area contributed by atoms with Gasteiger partial charge in [0.1, 0.15) is 0 Å². The number of thiophene rings is 4. The molecule has 0 spiro atoms. The molecule has 0 aliphatic rings. The van der Waals surface area contributed by atoms with Crippen LogP contribution in [-0.2, 0) is 0 Å². The Morgan fingerprint density at radius 1 is 0.170 bits per heavy atom. The molecule has 4 aromatic heterocycles. The lowest BCUT2D eigenvalue weighted by molar-refractivity contribution is 1.63. The summed E-state index contributed by atoms with van der Waals surface area (Å²) in [5, 5.41) is 26.1. The van der Waals surface area contributed by atoms with Crippen LogP contribution in [0.4, 0.5) is 0 Å². The van der Waals surface area contributed by atoms with Crippen molar-refractivity contribution in [2.45, 2.75) is 0 Å². The van der Waals surface area contributed by atoms with E-state index in [-0.39, 0.29) is 0 Å². The van der Waals surface area contributed by atoms with Gasteiger partial charge in [-0.05, 0) is 157 Å². The van der Waals surface area contributed by atoms with E-state index >= 15 is 0 Å². The van der Waals surface area contributed by atoms with Gasteiger partial charge in [0.15, 0.2) is 0 Å². The van der Waals surface area contributed by atoms with E-state index in [1.54, 1.807) is 0 Å². The summed E-state index contributed by atoms with van der Waals surface area (Å²) in [6.45, 7) is 0. The van der Waals surface area contributed by atoms with Gasteiger partial charge in [-0.25, -0.2) is 0 Å². The predicted octanol–water partition coefficient (Wildman–Crippen LogP) is 26.4. The van der Waals surface area contributed by atoms with Crippen molar-refractivity contribution < 1.29 is 0 Å². The predicted molar refractivity (Wildman–Crippen MR) is 390 cm³/mol. The number of fused-ring (bicyclic) bond motifs is 22. The molecule has 0 aliphatic heterocycles. The minimum Gasteiger partial charge on any atom is -0.134 e. The van der Waals surface area contributed by atoms with Crippen molar-refractivity contribution in [1.29, 1.82) is 0 Å². The Morgan fingerprint density at radius 2 is 0.614 bits per heavy atom. The van der Waals surface area contributed by atoms with Crippen LogP contribution >= 0.6 is 45.3 Å². The zero-order valence-corrected chi connectivity index (χ0v) is 50.5. The number of hydrogen-bond donors (Lipinski definition) is 0. The SMILES string of the molecule is c1ccc(-c2c3ccccc3c(-c3ccc4c(c3)sc3c4ccc4c3sc3ccc5cc(-c6cccc(-c7c8ccccc8c(-c8cc9c%10ccccc%10sc9c9c8sc8ccc%10ccccc%10c89)c8ccccc78)c6)ccc5c34)c3ccccc23)cc1. The second-order valence-corrected chi connectivity index (χ2v) is 27.8. The van der Waals surface area contributed by atoms with Gasteiger partial charge in [-0.3, -0.25) is 0 Å². The first-order valence-electron chi connectivity index (χ1n) is 30.1. The van der Waals surface area contributed by atoms with Crippen molar-refractivity contribution in [3.63, 3.8) is 0 Å². The van der Waals surface area contributed by atoms with Crippen LogP contribution in [0.2, 0.25) is 0 Å². The molecule has 0 saturated heterocycles. The third kappa shape index (κ3) is 7.00. The van der Waals surface area contributed by atoms with Crippen LogP contribution in [0.3, 0.4) is 0 Å². The van der Waals surface area contributed by atoms with Gasteiger partial charge in [-0.2, -0.15) is 0 Å². The van der Waals surface area contributed by atoms with Crippen LogP contribution in [0.5, 0.6) is 0 Å². The Kier molecular flexibility index (Phi) is 10.5. The highest BCUT2D eigenvalue weighted by molar-refractivity contribution is 7.33. The molecule has 0 bridgehead atoms. The van der Waals surface area contributed by atoms with Gasteiger partial charge >= 0.3 is 0 Å². The van der Waals surface area contributed by atoms with Crippen LogP contribution < -0.4 is 0 Å². The smallest absolute Gasteiger partial charge is 0.0534 e. The van der Waals surface area contributed by atoms with E-state index in [1.807, 2.05) is 45.3 Å². The molecular weight excluding hydrogens is 1140 g/mol. The number of hydrogen-bond acceptors (Lipinski definition) is 4. The molecule has 20 rings (SSSR count). The molecule has 0 amide bonds. The highest BCUT2D eigenvalue weighted by Gasteiger charge is 2.25. The van der Waals surface area contributed by atoms with Crippen molar-refractivity contribution in [3.8, 4) is 55.6 Å². The van der Waals surface area contributed by atoms with E-state index in [4.69, 9.17) is 0 Å². The maximum absolute atomic E-state index is 2.53. The van der Waals surface area contributed by atoms with Gasteiger partial charge in [-0.15, -0.1) is 45.3 Å². The lowest BCUT2D eigenvalue weighted by Crippen LogP contribution is -1.91. The maximum Gasteiger partial charge on any atom is 0.0534 e. The topological polar surface area (TPSA) is 0 Å². The standard InChI is InChI=1S/C84H46S4/c1-2-18-48(19-3-1)74-58-24-6-8-26-60(58)76(61-27-9-7-25-59(61)74)53-34-38-57-66-39-40-67-78-55-37-33-50(43-51(55)36-42-71(78)87-84(67)83(66)88-73(57)45-53)49-20-16-21-52(44-49)75-62-28-10-12-30-64(62)77(65-31-13-11-29-63(65)75)69-46-68-56-23-14-15-32-70(56)85-81(68)80-79-54-22-5-4-17-47(54)35-41-72(79)86-82(69)80/h1-46H. The van der Waals surface area contributed by atoms with Crippen molar-refractivity contribution >= 4 is 191 Å². The zero-order chi connectivity index (χ0) is 57.3. The summed E-state index contributed by atoms with van der Waals surface area (Å²) in [7, 11) is 0. The summed E-state index contributed by atoms with van der Waals surface area (Å²) < 4.78 is 10.8. The molecule has 20 aromatic rings. The first-order chi connectivity index (χ1) is 43.6. The van der Waals surface area contributed by atoms with Crippen molar-refractivity contribution in [2.24, 2.45) is 0 Å². The average molecular weight is 1180 g/mol. The van der Waals surface area contributed by atoms with Gasteiger partial charge in [-0.1, -0.05) is 237 Å². The van der Waals surface area contributed by atoms with E-state index in [2.05, 4.69) is 279 Å². The van der Waals surface area contributed by atoms with Crippen molar-refractivity contribution in [2.75, 3.05) is 0 Å². The van der Waals surface area contributed by atoms with Gasteiger partial charge in [0.25, 0.3) is 0 Å². The Labute approximate surface area is 521 Å². The molecule has 0 N–H and O–H groups in total. The number of rotatable bonds is 5. The molecule has 0 unspecified atom stereocenters. The average Bonchev–Trinajstić information content (AvgIpc) is 1.51. The highest BCUT2D eigenvalue weighted by atomic mass is 32.1. The molecule has 88 heavy (non-hydrogen) atoms. The fourth-order valence-corrected chi connectivity index (χ4v) is 20.4. The first-order valence-corrected chi connectivity index (χ1v) is 33.4. The molecule has 406 valence electrons. The fraction of sp³-hybridized carbons (Fsp3) is 0. The Bertz CT molecular complexity index is 6310. The van der Waals surface area contributed by atoms with E-state index in [0.29, 0.717) is 0 Å². The number of benzene rings is 16. The lowest BCUT2D eigenvalue weighted by atomic mass is 9.84. The van der Waals surface area contributed by atoms with Gasteiger partial charge in [0, 0.05) is 76.9 Å². The van der Waals surface area contributed by atoms with Crippen molar-refractivity contribution in [1.82, 2.24) is 0 Å². The van der Waals surface area contributed by atoms with E-state index in [1.165, 1.54) is 201 Å². The molecule has 0 atom stereocenters. The minimum atomic E-state index is 1.21. The highest BCUT2D eigenvalue weighted by Crippen LogP contribution is 2.55. The summed E-state index contributed by atoms with van der Waals surface area (Å²) in [5.41, 5.74) is 12.6. The Morgan fingerprint density at radius 3 is 1.32 bits per heavy atom. The molecule has 0 aliphatic carbocycles. The van der Waals surface area contributed by atoms with Gasteiger partial charge in [0.05, 0.1) is 9.40 Å². The fourth-order valence-electron chi connectivity index (χ4n) is 15.2. The molecular formula is C84H46S4. The molecule has 0 nitrogen and oxygen atoms in total. The molecule has 16 aromatic carbocycles. The molecule has 0 radical (unpaired) electrons. The zero-order valence-electron chi connectivity index (χ0n) is 47.2. The summed E-state index contributed by atoms with van der Waals surface area (Å²) in [6.07, 6.45) is 0. The summed E-state index contributed by atoms with van der Waals surface area (Å²) in [6, 6.07) is 105. The second kappa shape index (κ2) is 18.7. The third-order valence-electron chi connectivity index (χ3n) is 19.0. The molecule has 4 heterocycles. The summed E-state index contributed by atoms with van der Waals surface area (Å²) in [5.74, 6) is 0. The summed E-state index contributed by atoms with van der Waals surface area (Å²) in [4.78, 5) is 0. The molecule has 0 saturated carbocycles. The first kappa shape index (κ1) is 49.1. The molecule has 4 heteroatoms. The lowest BCUT2D eigenvalue weighted by Gasteiger charge is -2.19. The van der Waals surface area contributed by atoms with Crippen molar-refractivity contribution in [3.05, 3.63) is 279 Å². The third-order valence-corrected chi connectivity index (χ3v) is 23.9. The van der Waals surface area contributed by atoms with Gasteiger partial charge in [0.2, 0.25) is 0 Å². The Balaban J connectivity index is 0.715. The van der Waals surface area contributed by atoms with Crippen LogP contribution in [0.25, 0.3) is 201 Å². The van der Waals surface area contributed by atoms with E-state index in [9.17, 15) is 0 Å². The normalized spacial score (nSPS) is 12.3. The maximum atomic E-state index is 2.53. The van der Waals surface area contributed by atoms with Crippen LogP contribution in [0.15, 0.2) is 279 Å². The Hall–Kier alpha value is -10.0. The second-order valence-electron chi connectivity index (χ2n) is 23.6. The largest absolute Gasteiger partial charge is 0.134 e. The van der Waals surface area contributed by atoms with Gasteiger partial charge < -0.3 is 0 Å². The van der Waals surface area contributed by atoms with E-state index in [0.717, 1.165) is 0 Å². The summed E-state index contributed by atoms with van der Waals surface area (Å²) >= 11 is 7.77. The minimum absolute atomic E-state index is 1.21. The quantitative estimate of drug-likeness (QED) is 0.151. The monoisotopic (exact) mass is 1180 g/mol. The van der Waals surface area contributed by atoms with Crippen LogP contribution in [0, 0.1) is 0 Å².